The van der Waals surface area contributed by atoms with E-state index in [0.717, 1.165) is 16.7 Å². The van der Waals surface area contributed by atoms with E-state index in [-0.39, 0.29) is 41.6 Å². The van der Waals surface area contributed by atoms with Gasteiger partial charge in [-0.15, -0.1) is 11.8 Å². The Hall–Kier alpha value is -4.10. The molecule has 0 aliphatic carbocycles. The Balaban J connectivity index is 1.96. The van der Waals surface area contributed by atoms with Gasteiger partial charge in [0.05, 0.1) is 18.7 Å². The maximum absolute atomic E-state index is 13.5. The number of nitrogens with zero attached hydrogens (tertiary/aromatic N) is 1. The summed E-state index contributed by atoms with van der Waals surface area (Å²) in [4.78, 5) is 69.1. The SMILES string of the molecule is C/C=C1/NC(=O)c2ccc(SC)c(n2)CNC(=O)C[C@@H](/C=C/CCSC(C)=O)OC(=O)[C@H](Cc2ccc(O)cc2)NC1=O. The Kier molecular flexibility index (Phi) is 12.8. The summed E-state index contributed by atoms with van der Waals surface area (Å²) in [6.45, 7) is 3.07. The van der Waals surface area contributed by atoms with Gasteiger partial charge < -0.3 is 25.8 Å². The highest BCUT2D eigenvalue weighted by molar-refractivity contribution is 8.13. The van der Waals surface area contributed by atoms with Crippen molar-refractivity contribution in [3.05, 3.63) is 77.3 Å². The molecule has 0 fully saturated rings. The van der Waals surface area contributed by atoms with Crippen LogP contribution in [0, 0.1) is 0 Å². The maximum atomic E-state index is 13.5. The molecule has 11 nitrogen and oxygen atoms in total. The van der Waals surface area contributed by atoms with Crippen LogP contribution in [-0.4, -0.2) is 63.1 Å². The molecule has 0 radical (unpaired) electrons. The van der Waals surface area contributed by atoms with Crippen LogP contribution < -0.4 is 16.0 Å². The lowest BCUT2D eigenvalue weighted by atomic mass is 10.1. The highest BCUT2D eigenvalue weighted by Gasteiger charge is 2.28. The van der Waals surface area contributed by atoms with Crippen molar-refractivity contribution in [2.24, 2.45) is 0 Å². The highest BCUT2D eigenvalue weighted by atomic mass is 32.2. The van der Waals surface area contributed by atoms with Gasteiger partial charge in [0.2, 0.25) is 5.91 Å². The van der Waals surface area contributed by atoms with Crippen molar-refractivity contribution in [3.8, 4) is 5.75 Å². The second-order valence-corrected chi connectivity index (χ2v) is 11.5. The number of rotatable bonds is 7. The number of esters is 1. The van der Waals surface area contributed by atoms with Crippen molar-refractivity contribution < 1.29 is 33.8 Å². The van der Waals surface area contributed by atoms with E-state index in [0.29, 0.717) is 23.4 Å². The maximum Gasteiger partial charge on any atom is 0.329 e. The van der Waals surface area contributed by atoms with Crippen LogP contribution in [0.2, 0.25) is 0 Å². The third kappa shape index (κ3) is 10.6. The number of hydrogen-bond donors (Lipinski definition) is 4. The van der Waals surface area contributed by atoms with Crippen LogP contribution in [0.3, 0.4) is 0 Å². The summed E-state index contributed by atoms with van der Waals surface area (Å²) < 4.78 is 5.73. The zero-order chi connectivity index (χ0) is 31.4. The van der Waals surface area contributed by atoms with E-state index in [9.17, 15) is 29.1 Å². The minimum Gasteiger partial charge on any atom is -0.508 e. The first-order chi connectivity index (χ1) is 20.6. The molecule has 1 aliphatic heterocycles. The molecule has 43 heavy (non-hydrogen) atoms. The third-order valence-electron chi connectivity index (χ3n) is 6.18. The number of phenols is 1. The molecule has 2 bridgehead atoms. The van der Waals surface area contributed by atoms with E-state index >= 15 is 0 Å². The van der Waals surface area contributed by atoms with Crippen molar-refractivity contribution >= 4 is 52.3 Å². The van der Waals surface area contributed by atoms with Gasteiger partial charge in [-0.05, 0) is 55.5 Å². The Labute approximate surface area is 258 Å². The van der Waals surface area contributed by atoms with E-state index in [2.05, 4.69) is 20.9 Å². The lowest BCUT2D eigenvalue weighted by Crippen LogP contribution is -2.47. The van der Waals surface area contributed by atoms with Crippen molar-refractivity contribution in [1.82, 2.24) is 20.9 Å². The fourth-order valence-corrected chi connectivity index (χ4v) is 5.11. The summed E-state index contributed by atoms with van der Waals surface area (Å²) in [5, 5.41) is 17.6. The number of ether oxygens (including phenoxy) is 1. The van der Waals surface area contributed by atoms with Gasteiger partial charge in [0.25, 0.3) is 11.8 Å². The summed E-state index contributed by atoms with van der Waals surface area (Å²) in [6, 6.07) is 8.15. The first-order valence-corrected chi connectivity index (χ1v) is 15.7. The summed E-state index contributed by atoms with van der Waals surface area (Å²) in [7, 11) is 0. The molecule has 2 heterocycles. The molecule has 2 aromatic rings. The zero-order valence-corrected chi connectivity index (χ0v) is 25.7. The van der Waals surface area contributed by atoms with Crippen molar-refractivity contribution in [1.29, 1.82) is 0 Å². The fraction of sp³-hybridized carbons (Fsp3) is 0.333. The number of phenolic OH excluding ortho intramolecular Hbond substituents is 1. The molecule has 3 rings (SSSR count). The topological polar surface area (TPSA) is 164 Å². The Morgan fingerprint density at radius 2 is 1.86 bits per heavy atom. The fourth-order valence-electron chi connectivity index (χ4n) is 4.01. The monoisotopic (exact) mass is 626 g/mol. The largest absolute Gasteiger partial charge is 0.508 e. The van der Waals surface area contributed by atoms with Crippen LogP contribution in [0.4, 0.5) is 0 Å². The number of carbonyl (C=O) groups excluding carboxylic acids is 5. The van der Waals surface area contributed by atoms with Gasteiger partial charge in [-0.3, -0.25) is 19.2 Å². The number of fused-ring (bicyclic) bond motifs is 2. The Bertz CT molecular complexity index is 1410. The number of aromatic nitrogens is 1. The molecule has 1 aliphatic rings. The van der Waals surface area contributed by atoms with Gasteiger partial charge in [0.1, 0.15) is 29.3 Å². The lowest BCUT2D eigenvalue weighted by Gasteiger charge is -2.22. The average molecular weight is 627 g/mol. The second-order valence-electron chi connectivity index (χ2n) is 9.41. The van der Waals surface area contributed by atoms with Crippen molar-refractivity contribution in [2.45, 2.75) is 56.7 Å². The summed E-state index contributed by atoms with van der Waals surface area (Å²) in [5.41, 5.74) is 1.04. The molecule has 3 amide bonds. The molecular formula is C30H34N4O7S2. The molecule has 2 atom stereocenters. The standard InChI is InChI=1S/C30H34N4O7S2/c1-4-22-28(38)34-24(15-19-8-10-20(36)11-9-19)30(40)41-21(7-5-6-14-43-18(2)35)16-27(37)31-17-25-26(42-3)13-12-23(32-25)29(39)33-22/h4-5,7-13,21,24,36H,6,14-17H2,1-3H3,(H,31,37)(H,33,39)(H,34,38)/b7-5+,22-4+/t21-,24+/m1/s1. The number of aromatic hydroxyl groups is 1. The number of hydrogen-bond acceptors (Lipinski definition) is 10. The van der Waals surface area contributed by atoms with Crippen molar-refractivity contribution in [2.75, 3.05) is 12.0 Å². The number of benzene rings is 1. The van der Waals surface area contributed by atoms with Crippen LogP contribution in [0.25, 0.3) is 0 Å². The Morgan fingerprint density at radius 3 is 2.53 bits per heavy atom. The van der Waals surface area contributed by atoms with Gasteiger partial charge in [-0.1, -0.05) is 36.0 Å². The third-order valence-corrected chi connectivity index (χ3v) is 7.84. The molecule has 1 aromatic carbocycles. The van der Waals surface area contributed by atoms with Gasteiger partial charge in [0, 0.05) is 24.0 Å². The molecule has 4 N–H and O–H groups in total. The molecule has 1 aromatic heterocycles. The van der Waals surface area contributed by atoms with Crippen LogP contribution in [-0.2, 0) is 36.9 Å². The van der Waals surface area contributed by atoms with Gasteiger partial charge in [-0.25, -0.2) is 9.78 Å². The number of allylic oxidation sites excluding steroid dienone is 2. The zero-order valence-electron chi connectivity index (χ0n) is 24.0. The molecule has 0 saturated carbocycles. The number of carbonyl (C=O) groups is 5. The summed E-state index contributed by atoms with van der Waals surface area (Å²) in [6.07, 6.45) is 5.90. The van der Waals surface area contributed by atoms with Crippen LogP contribution in [0.1, 0.15) is 48.4 Å². The van der Waals surface area contributed by atoms with E-state index in [4.69, 9.17) is 4.74 Å². The lowest BCUT2D eigenvalue weighted by molar-refractivity contribution is -0.151. The summed E-state index contributed by atoms with van der Waals surface area (Å²) >= 11 is 2.56. The molecule has 228 valence electrons. The van der Waals surface area contributed by atoms with Crippen molar-refractivity contribution in [3.63, 3.8) is 0 Å². The molecule has 0 spiro atoms. The molecular weight excluding hydrogens is 592 g/mol. The minimum atomic E-state index is -1.20. The highest BCUT2D eigenvalue weighted by Crippen LogP contribution is 2.20. The van der Waals surface area contributed by atoms with Gasteiger partial charge in [0.15, 0.2) is 5.12 Å². The number of thioether (sulfide) groups is 2. The van der Waals surface area contributed by atoms with Gasteiger partial charge in [-0.2, -0.15) is 0 Å². The number of nitrogens with one attached hydrogen (secondary N) is 3. The number of amides is 3. The van der Waals surface area contributed by atoms with E-state index in [1.165, 1.54) is 43.0 Å². The van der Waals surface area contributed by atoms with Crippen LogP contribution in [0.15, 0.2) is 65.2 Å². The predicted octanol–water partition coefficient (Wildman–Crippen LogP) is 3.03. The quantitative estimate of drug-likeness (QED) is 0.118. The number of cyclic esters (lactones) is 1. The molecule has 0 saturated heterocycles. The Morgan fingerprint density at radius 1 is 1.12 bits per heavy atom. The van der Waals surface area contributed by atoms with Gasteiger partial charge >= 0.3 is 5.97 Å². The minimum absolute atomic E-state index is 0.00867. The van der Waals surface area contributed by atoms with Crippen LogP contribution in [0.5, 0.6) is 5.75 Å². The smallest absolute Gasteiger partial charge is 0.329 e. The first kappa shape index (κ1) is 33.4. The predicted molar refractivity (Wildman–Crippen MR) is 164 cm³/mol. The molecule has 13 heteroatoms. The van der Waals surface area contributed by atoms with E-state index < -0.39 is 35.8 Å². The molecule has 0 unspecified atom stereocenters. The van der Waals surface area contributed by atoms with Crippen LogP contribution >= 0.6 is 23.5 Å². The average Bonchev–Trinajstić information content (AvgIpc) is 2.98. The second kappa shape index (κ2) is 16.5. The number of pyridine rings is 1. The first-order valence-electron chi connectivity index (χ1n) is 13.5. The van der Waals surface area contributed by atoms with E-state index in [1.54, 1.807) is 37.3 Å². The normalized spacial score (nSPS) is 19.5. The van der Waals surface area contributed by atoms with E-state index in [1.807, 2.05) is 6.26 Å². The summed E-state index contributed by atoms with van der Waals surface area (Å²) in [5.74, 6) is -2.03.